The predicted molar refractivity (Wildman–Crippen MR) is 96.3 cm³/mol. The van der Waals surface area contributed by atoms with Crippen LogP contribution in [-0.2, 0) is 6.18 Å². The Hall–Kier alpha value is -1.86. The molecule has 0 radical (unpaired) electrons. The Kier molecular flexibility index (Phi) is 5.98. The van der Waals surface area contributed by atoms with Crippen LogP contribution >= 0.6 is 11.3 Å². The van der Waals surface area contributed by atoms with Gasteiger partial charge < -0.3 is 5.32 Å². The number of rotatable bonds is 5. The molecule has 7 heteroatoms. The lowest BCUT2D eigenvalue weighted by molar-refractivity contribution is -0.137. The first-order valence-corrected chi connectivity index (χ1v) is 9.61. The molecule has 0 bridgehead atoms. The number of piperidine rings is 1. The second-order valence-corrected chi connectivity index (χ2v) is 7.23. The third-order valence-corrected chi connectivity index (χ3v) is 5.39. The molecule has 2 aromatic rings. The van der Waals surface area contributed by atoms with Crippen LogP contribution in [0.5, 0.6) is 0 Å². The monoisotopic (exact) mass is 382 g/mol. The van der Waals surface area contributed by atoms with E-state index in [2.05, 4.69) is 21.7 Å². The zero-order valence-corrected chi connectivity index (χ0v) is 15.1. The molecule has 0 spiro atoms. The summed E-state index contributed by atoms with van der Waals surface area (Å²) in [6, 6.07) is 6.48. The van der Waals surface area contributed by atoms with Gasteiger partial charge in [0, 0.05) is 12.1 Å². The van der Waals surface area contributed by atoms with Crippen molar-refractivity contribution in [2.75, 3.05) is 19.6 Å². The Morgan fingerprint density at radius 2 is 1.81 bits per heavy atom. The molecule has 1 amide bonds. The number of carbonyl (C=O) groups excluding carboxylic acids is 1. The van der Waals surface area contributed by atoms with Crippen LogP contribution < -0.4 is 5.32 Å². The van der Waals surface area contributed by atoms with Crippen LogP contribution in [0.15, 0.2) is 41.1 Å². The van der Waals surface area contributed by atoms with E-state index in [4.69, 9.17) is 0 Å². The molecule has 2 heterocycles. The molecule has 1 aliphatic rings. The first kappa shape index (κ1) is 18.9. The van der Waals surface area contributed by atoms with E-state index in [1.54, 1.807) is 11.3 Å². The summed E-state index contributed by atoms with van der Waals surface area (Å²) in [4.78, 5) is 14.7. The number of nitrogens with one attached hydrogen (secondary N) is 1. The van der Waals surface area contributed by atoms with Gasteiger partial charge in [0.15, 0.2) is 0 Å². The second-order valence-electron chi connectivity index (χ2n) is 6.45. The summed E-state index contributed by atoms with van der Waals surface area (Å²) in [7, 11) is 0. The molecule has 26 heavy (non-hydrogen) atoms. The largest absolute Gasteiger partial charge is 0.416 e. The Labute approximate surface area is 154 Å². The van der Waals surface area contributed by atoms with Crippen molar-refractivity contribution in [2.45, 2.75) is 31.5 Å². The molecule has 140 valence electrons. The fraction of sp³-hybridized carbons (Fsp3) is 0.421. The molecule has 1 aromatic carbocycles. The fourth-order valence-corrected chi connectivity index (χ4v) is 3.96. The average Bonchev–Trinajstić information content (AvgIpc) is 3.16. The Morgan fingerprint density at radius 3 is 2.38 bits per heavy atom. The number of nitrogens with zero attached hydrogens (tertiary/aromatic N) is 1. The summed E-state index contributed by atoms with van der Waals surface area (Å²) in [5, 5.41) is 6.99. The van der Waals surface area contributed by atoms with Crippen molar-refractivity contribution in [2.24, 2.45) is 0 Å². The molecule has 1 aliphatic heterocycles. The SMILES string of the molecule is O=C(NCC(c1ccsc1)N1CCCCC1)c1ccc(C(F)(F)F)cc1. The van der Waals surface area contributed by atoms with Crippen LogP contribution in [0.25, 0.3) is 0 Å². The highest BCUT2D eigenvalue weighted by Gasteiger charge is 2.30. The summed E-state index contributed by atoms with van der Waals surface area (Å²) in [6.07, 6.45) is -0.876. The lowest BCUT2D eigenvalue weighted by Gasteiger charge is -2.34. The van der Waals surface area contributed by atoms with E-state index in [0.29, 0.717) is 6.54 Å². The van der Waals surface area contributed by atoms with Gasteiger partial charge in [-0.2, -0.15) is 24.5 Å². The highest BCUT2D eigenvalue weighted by atomic mass is 32.1. The fourth-order valence-electron chi connectivity index (χ4n) is 3.25. The maximum Gasteiger partial charge on any atom is 0.416 e. The molecule has 0 saturated carbocycles. The maximum absolute atomic E-state index is 12.6. The summed E-state index contributed by atoms with van der Waals surface area (Å²) in [5.41, 5.74) is 0.656. The third-order valence-electron chi connectivity index (χ3n) is 4.69. The molecule has 1 unspecified atom stereocenters. The second kappa shape index (κ2) is 8.22. The van der Waals surface area contributed by atoms with Crippen molar-refractivity contribution >= 4 is 17.2 Å². The van der Waals surface area contributed by atoms with Gasteiger partial charge in [0.25, 0.3) is 5.91 Å². The number of thiophene rings is 1. The van der Waals surface area contributed by atoms with Gasteiger partial charge in [0.1, 0.15) is 0 Å². The molecule has 1 N–H and O–H groups in total. The molecular weight excluding hydrogens is 361 g/mol. The number of hydrogen-bond donors (Lipinski definition) is 1. The van der Waals surface area contributed by atoms with E-state index in [-0.39, 0.29) is 17.5 Å². The van der Waals surface area contributed by atoms with Crippen LogP contribution in [0.2, 0.25) is 0 Å². The molecule has 1 saturated heterocycles. The minimum atomic E-state index is -4.40. The quantitative estimate of drug-likeness (QED) is 0.811. The van der Waals surface area contributed by atoms with E-state index in [9.17, 15) is 18.0 Å². The van der Waals surface area contributed by atoms with Crippen molar-refractivity contribution in [1.82, 2.24) is 10.2 Å². The molecular formula is C19H21F3N2OS. The number of alkyl halides is 3. The highest BCUT2D eigenvalue weighted by molar-refractivity contribution is 7.07. The lowest BCUT2D eigenvalue weighted by Crippen LogP contribution is -2.40. The number of halogens is 3. The average molecular weight is 382 g/mol. The van der Waals surface area contributed by atoms with Crippen LogP contribution in [0, 0.1) is 0 Å². The number of likely N-dealkylation sites (tertiary alicyclic amines) is 1. The third kappa shape index (κ3) is 4.65. The minimum absolute atomic E-state index is 0.0972. The first-order chi connectivity index (χ1) is 12.4. The Bertz CT molecular complexity index is 707. The minimum Gasteiger partial charge on any atom is -0.350 e. The zero-order chi connectivity index (χ0) is 18.6. The standard InChI is InChI=1S/C19H21F3N2OS/c20-19(21,22)16-6-4-14(5-7-16)18(25)23-12-17(15-8-11-26-13-15)24-9-2-1-3-10-24/h4-8,11,13,17H,1-3,9-10,12H2,(H,23,25). The van der Waals surface area contributed by atoms with Crippen LogP contribution in [0.1, 0.15) is 46.8 Å². The smallest absolute Gasteiger partial charge is 0.350 e. The van der Waals surface area contributed by atoms with E-state index >= 15 is 0 Å². The number of hydrogen-bond acceptors (Lipinski definition) is 3. The van der Waals surface area contributed by atoms with Crippen molar-refractivity contribution in [3.05, 3.63) is 57.8 Å². The van der Waals surface area contributed by atoms with Crippen LogP contribution in [-0.4, -0.2) is 30.4 Å². The van der Waals surface area contributed by atoms with E-state index in [1.165, 1.54) is 24.1 Å². The predicted octanol–water partition coefficient (Wildman–Crippen LogP) is 4.72. The van der Waals surface area contributed by atoms with Gasteiger partial charge in [0.05, 0.1) is 11.6 Å². The summed E-state index contributed by atoms with van der Waals surface area (Å²) >= 11 is 1.62. The molecule has 3 nitrogen and oxygen atoms in total. The van der Waals surface area contributed by atoms with Crippen molar-refractivity contribution in [3.8, 4) is 0 Å². The topological polar surface area (TPSA) is 32.3 Å². The van der Waals surface area contributed by atoms with Crippen molar-refractivity contribution in [1.29, 1.82) is 0 Å². The van der Waals surface area contributed by atoms with Crippen molar-refractivity contribution in [3.63, 3.8) is 0 Å². The molecule has 1 fully saturated rings. The van der Waals surface area contributed by atoms with Crippen LogP contribution in [0.4, 0.5) is 13.2 Å². The first-order valence-electron chi connectivity index (χ1n) is 8.67. The summed E-state index contributed by atoms with van der Waals surface area (Å²) < 4.78 is 37.9. The highest BCUT2D eigenvalue weighted by Crippen LogP contribution is 2.29. The number of benzene rings is 1. The van der Waals surface area contributed by atoms with Gasteiger partial charge >= 0.3 is 6.18 Å². The van der Waals surface area contributed by atoms with Crippen molar-refractivity contribution < 1.29 is 18.0 Å². The number of amides is 1. The molecule has 0 aliphatic carbocycles. The van der Waals surface area contributed by atoms with E-state index < -0.39 is 11.7 Å². The maximum atomic E-state index is 12.6. The Morgan fingerprint density at radius 1 is 1.12 bits per heavy atom. The molecule has 1 atom stereocenters. The van der Waals surface area contributed by atoms with Gasteiger partial charge in [-0.25, -0.2) is 0 Å². The summed E-state index contributed by atoms with van der Waals surface area (Å²) in [5.74, 6) is -0.351. The summed E-state index contributed by atoms with van der Waals surface area (Å²) in [6.45, 7) is 2.43. The Balaban J connectivity index is 1.65. The lowest BCUT2D eigenvalue weighted by atomic mass is 10.0. The van der Waals surface area contributed by atoms with Gasteiger partial charge in [-0.05, 0) is 72.6 Å². The normalized spacial score (nSPS) is 17.0. The number of carbonyl (C=O) groups is 1. The van der Waals surface area contributed by atoms with Crippen LogP contribution in [0.3, 0.4) is 0 Å². The zero-order valence-electron chi connectivity index (χ0n) is 14.3. The van der Waals surface area contributed by atoms with E-state index in [1.807, 2.05) is 5.38 Å². The molecule has 3 rings (SSSR count). The van der Waals surface area contributed by atoms with E-state index in [0.717, 1.165) is 38.1 Å². The molecule has 1 aromatic heterocycles. The van der Waals surface area contributed by atoms with Gasteiger partial charge in [-0.1, -0.05) is 6.42 Å². The van der Waals surface area contributed by atoms with Gasteiger partial charge in [-0.15, -0.1) is 0 Å². The van der Waals surface area contributed by atoms with Gasteiger partial charge in [-0.3, -0.25) is 9.69 Å². The van der Waals surface area contributed by atoms with Gasteiger partial charge in [0.2, 0.25) is 0 Å².